The number of rotatable bonds is 5. The molecule has 4 heterocycles. The highest BCUT2D eigenvalue weighted by Gasteiger charge is 2.17. The van der Waals surface area contributed by atoms with Crippen LogP contribution in [0.5, 0.6) is 5.75 Å². The number of hydrogen-bond donors (Lipinski definition) is 0. The van der Waals surface area contributed by atoms with Crippen LogP contribution in [-0.4, -0.2) is 36.2 Å². The van der Waals surface area contributed by atoms with Gasteiger partial charge in [-0.1, -0.05) is 29.5 Å². The summed E-state index contributed by atoms with van der Waals surface area (Å²) in [5.41, 5.74) is 6.53. The maximum Gasteiger partial charge on any atom is 0.256 e. The Morgan fingerprint density at radius 1 is 1.12 bits per heavy atom. The van der Waals surface area contributed by atoms with E-state index in [0.717, 1.165) is 52.9 Å². The first kappa shape index (κ1) is 20.4. The number of hydrogen-bond acceptors (Lipinski definition) is 5. The van der Waals surface area contributed by atoms with Crippen LogP contribution < -0.4 is 10.3 Å². The summed E-state index contributed by atoms with van der Waals surface area (Å²) in [6.45, 7) is 3.08. The van der Waals surface area contributed by atoms with Crippen molar-refractivity contribution in [2.24, 2.45) is 0 Å². The third-order valence-electron chi connectivity index (χ3n) is 6.43. The lowest BCUT2D eigenvalue weighted by atomic mass is 10.00. The van der Waals surface area contributed by atoms with Gasteiger partial charge in [-0.25, -0.2) is 9.67 Å². The number of aromatic nitrogens is 6. The summed E-state index contributed by atoms with van der Waals surface area (Å²) in [6, 6.07) is 14.2. The minimum Gasteiger partial charge on any atom is -0.495 e. The van der Waals surface area contributed by atoms with Crippen molar-refractivity contribution < 1.29 is 4.74 Å². The molecule has 0 spiro atoms. The van der Waals surface area contributed by atoms with Gasteiger partial charge in [0.2, 0.25) is 0 Å². The average molecular weight is 453 g/mol. The first-order valence-corrected chi connectivity index (χ1v) is 11.3. The molecule has 0 atom stereocenters. The molecule has 2 aromatic carbocycles. The van der Waals surface area contributed by atoms with E-state index in [1.165, 1.54) is 5.56 Å². The number of imidazole rings is 1. The number of benzene rings is 2. The molecule has 8 heteroatoms. The van der Waals surface area contributed by atoms with E-state index in [-0.39, 0.29) is 5.56 Å². The van der Waals surface area contributed by atoms with Gasteiger partial charge in [0.15, 0.2) is 0 Å². The summed E-state index contributed by atoms with van der Waals surface area (Å²) in [7, 11) is 1.65. The molecule has 0 fully saturated rings. The zero-order valence-electron chi connectivity index (χ0n) is 19.1. The average Bonchev–Trinajstić information content (AvgIpc) is 3.51. The maximum absolute atomic E-state index is 13.2. The van der Waals surface area contributed by atoms with Crippen molar-refractivity contribution in [3.63, 3.8) is 0 Å². The molecule has 3 aromatic heterocycles. The molecule has 0 amide bonds. The Bertz CT molecular complexity index is 1590. The van der Waals surface area contributed by atoms with Crippen LogP contribution >= 0.6 is 0 Å². The second-order valence-electron chi connectivity index (χ2n) is 8.70. The predicted molar refractivity (Wildman–Crippen MR) is 130 cm³/mol. The van der Waals surface area contributed by atoms with Gasteiger partial charge in [0, 0.05) is 23.9 Å². The van der Waals surface area contributed by atoms with Crippen LogP contribution in [0.1, 0.15) is 23.2 Å². The van der Waals surface area contributed by atoms with E-state index in [2.05, 4.69) is 33.5 Å². The van der Waals surface area contributed by atoms with Crippen LogP contribution in [0.15, 0.2) is 66.0 Å². The van der Waals surface area contributed by atoms with Crippen molar-refractivity contribution in [2.75, 3.05) is 7.11 Å². The lowest BCUT2D eigenvalue weighted by Crippen LogP contribution is -2.28. The number of ether oxygens (including phenoxy) is 1. The molecule has 0 saturated carbocycles. The lowest BCUT2D eigenvalue weighted by molar-refractivity contribution is 0.413. The highest BCUT2D eigenvalue weighted by atomic mass is 16.5. The monoisotopic (exact) mass is 452 g/mol. The predicted octanol–water partition coefficient (Wildman–Crippen LogP) is 3.76. The van der Waals surface area contributed by atoms with Crippen LogP contribution in [0.25, 0.3) is 27.8 Å². The molecule has 0 radical (unpaired) electrons. The van der Waals surface area contributed by atoms with Crippen molar-refractivity contribution in [1.29, 1.82) is 0 Å². The quantitative estimate of drug-likeness (QED) is 0.406. The van der Waals surface area contributed by atoms with E-state index < -0.39 is 0 Å². The topological polar surface area (TPSA) is 79.8 Å². The minimum atomic E-state index is 0.0540. The molecule has 34 heavy (non-hydrogen) atoms. The van der Waals surface area contributed by atoms with E-state index in [0.29, 0.717) is 17.9 Å². The Morgan fingerprint density at radius 2 is 2.03 bits per heavy atom. The summed E-state index contributed by atoms with van der Waals surface area (Å²) < 4.78 is 11.2. The standard InChI is InChI=1S/C26H24N6O2/c1-17-13-30(16-27-17)23-9-8-19(12-24(23)34-2)22-15-31(29-28-22)14-21-11-20-6-3-5-18-7-4-10-32(25(18)20)26(21)33/h3,5-6,8-9,11-13,15-16H,4,7,10,14H2,1-2H3. The molecule has 0 bridgehead atoms. The molecule has 0 saturated heterocycles. The third kappa shape index (κ3) is 3.39. The van der Waals surface area contributed by atoms with Crippen LogP contribution in [0.2, 0.25) is 0 Å². The number of nitrogens with zero attached hydrogens (tertiary/aromatic N) is 6. The second kappa shape index (κ2) is 7.98. The molecule has 8 nitrogen and oxygen atoms in total. The molecule has 5 aromatic rings. The summed E-state index contributed by atoms with van der Waals surface area (Å²) >= 11 is 0. The van der Waals surface area contributed by atoms with Crippen LogP contribution in [0.4, 0.5) is 0 Å². The Hall–Kier alpha value is -4.20. The maximum atomic E-state index is 13.2. The van der Waals surface area contributed by atoms with Gasteiger partial charge >= 0.3 is 0 Å². The van der Waals surface area contributed by atoms with Crippen LogP contribution in [-0.2, 0) is 19.5 Å². The molecule has 0 aliphatic carbocycles. The molecule has 170 valence electrons. The zero-order valence-corrected chi connectivity index (χ0v) is 19.1. The Morgan fingerprint density at radius 3 is 2.85 bits per heavy atom. The molecule has 0 N–H and O–H groups in total. The van der Waals surface area contributed by atoms with Gasteiger partial charge < -0.3 is 13.9 Å². The smallest absolute Gasteiger partial charge is 0.256 e. The van der Waals surface area contributed by atoms with E-state index >= 15 is 0 Å². The van der Waals surface area contributed by atoms with Crippen LogP contribution in [0.3, 0.4) is 0 Å². The van der Waals surface area contributed by atoms with Crippen molar-refractivity contribution in [3.05, 3.63) is 88.4 Å². The minimum absolute atomic E-state index is 0.0540. The molecule has 6 rings (SSSR count). The Labute approximate surface area is 196 Å². The summed E-state index contributed by atoms with van der Waals surface area (Å²) in [5.74, 6) is 0.715. The number of aryl methyl sites for hydroxylation is 3. The van der Waals surface area contributed by atoms with Crippen molar-refractivity contribution in [1.82, 2.24) is 29.1 Å². The van der Waals surface area contributed by atoms with Gasteiger partial charge in [-0.15, -0.1) is 5.10 Å². The Kier molecular flexibility index (Phi) is 4.79. The van der Waals surface area contributed by atoms with Crippen molar-refractivity contribution in [3.8, 4) is 22.7 Å². The number of para-hydroxylation sites is 1. The highest BCUT2D eigenvalue weighted by Crippen LogP contribution is 2.29. The SMILES string of the molecule is COc1cc(-c2cn(Cc3cc4cccc5c4n(c3=O)CCC5)nn2)ccc1-n1cnc(C)c1. The number of methoxy groups -OCH3 is 1. The van der Waals surface area contributed by atoms with Gasteiger partial charge in [0.05, 0.1) is 43.1 Å². The normalized spacial score (nSPS) is 12.9. The zero-order chi connectivity index (χ0) is 23.2. The number of pyridine rings is 1. The second-order valence-corrected chi connectivity index (χ2v) is 8.70. The fourth-order valence-electron chi connectivity index (χ4n) is 4.82. The van der Waals surface area contributed by atoms with E-state index in [1.807, 2.05) is 52.7 Å². The lowest BCUT2D eigenvalue weighted by Gasteiger charge is -2.20. The molecule has 0 unspecified atom stereocenters. The van der Waals surface area contributed by atoms with Gasteiger partial charge in [-0.3, -0.25) is 4.79 Å². The summed E-state index contributed by atoms with van der Waals surface area (Å²) in [6.07, 6.45) is 7.59. The van der Waals surface area contributed by atoms with Gasteiger partial charge in [0.25, 0.3) is 5.56 Å². The fraction of sp³-hybridized carbons (Fsp3) is 0.231. The molecular weight excluding hydrogens is 428 g/mol. The Balaban J connectivity index is 1.33. The largest absolute Gasteiger partial charge is 0.495 e. The van der Waals surface area contributed by atoms with Gasteiger partial charge in [0.1, 0.15) is 11.4 Å². The van der Waals surface area contributed by atoms with E-state index in [1.54, 1.807) is 18.1 Å². The third-order valence-corrected chi connectivity index (χ3v) is 6.43. The fourth-order valence-corrected chi connectivity index (χ4v) is 4.82. The van der Waals surface area contributed by atoms with E-state index in [4.69, 9.17) is 4.74 Å². The van der Waals surface area contributed by atoms with Gasteiger partial charge in [-0.05, 0) is 48.9 Å². The molecule has 1 aliphatic heterocycles. The first-order chi connectivity index (χ1) is 16.6. The summed E-state index contributed by atoms with van der Waals surface area (Å²) in [5, 5.41) is 9.75. The van der Waals surface area contributed by atoms with Gasteiger partial charge in [-0.2, -0.15) is 0 Å². The molecule has 1 aliphatic rings. The van der Waals surface area contributed by atoms with E-state index in [9.17, 15) is 4.79 Å². The van der Waals surface area contributed by atoms with Crippen molar-refractivity contribution in [2.45, 2.75) is 32.9 Å². The highest BCUT2D eigenvalue weighted by molar-refractivity contribution is 5.83. The van der Waals surface area contributed by atoms with Crippen LogP contribution in [0, 0.1) is 6.92 Å². The first-order valence-electron chi connectivity index (χ1n) is 11.3. The molecular formula is C26H24N6O2. The van der Waals surface area contributed by atoms with Crippen molar-refractivity contribution >= 4 is 10.9 Å². The summed E-state index contributed by atoms with van der Waals surface area (Å²) in [4.78, 5) is 17.5.